The number of nitrogens with one attached hydrogen (secondary N) is 1. The van der Waals surface area contributed by atoms with Gasteiger partial charge in [0, 0.05) is 17.3 Å². The van der Waals surface area contributed by atoms with Crippen molar-refractivity contribution in [2.24, 2.45) is 0 Å². The lowest BCUT2D eigenvalue weighted by molar-refractivity contribution is -0.145. The van der Waals surface area contributed by atoms with E-state index < -0.39 is 35.7 Å². The van der Waals surface area contributed by atoms with Crippen LogP contribution in [0, 0.1) is 18.8 Å². The molecule has 1 aliphatic heterocycles. The fourth-order valence-electron chi connectivity index (χ4n) is 6.59. The lowest BCUT2D eigenvalue weighted by atomic mass is 9.95. The van der Waals surface area contributed by atoms with Crippen molar-refractivity contribution in [3.63, 3.8) is 0 Å². The summed E-state index contributed by atoms with van der Waals surface area (Å²) in [6, 6.07) is 32.7. The minimum atomic E-state index is -1.10. The van der Waals surface area contributed by atoms with Gasteiger partial charge in [0.2, 0.25) is 11.8 Å². The summed E-state index contributed by atoms with van der Waals surface area (Å²) in [5, 5.41) is 2.52. The molecule has 4 aromatic carbocycles. The van der Waals surface area contributed by atoms with Crippen molar-refractivity contribution in [2.75, 3.05) is 23.4 Å². The van der Waals surface area contributed by atoms with E-state index >= 15 is 9.59 Å². The molecule has 0 spiro atoms. The molecule has 2 unspecified atom stereocenters. The molecule has 0 saturated carbocycles. The second-order valence-electron chi connectivity index (χ2n) is 14.5. The van der Waals surface area contributed by atoms with E-state index in [2.05, 4.69) is 27.1 Å². The van der Waals surface area contributed by atoms with Crippen LogP contribution in [0.1, 0.15) is 84.5 Å². The predicted molar refractivity (Wildman–Crippen MR) is 219 cm³/mol. The molecule has 6 rings (SSSR count). The Bertz CT molecular complexity index is 2320. The topological polar surface area (TPSA) is 140 Å². The first-order chi connectivity index (χ1) is 27.9. The summed E-state index contributed by atoms with van der Waals surface area (Å²) in [7, 11) is 0. The van der Waals surface area contributed by atoms with Crippen molar-refractivity contribution in [1.82, 2.24) is 14.9 Å². The molecule has 0 fully saturated rings. The van der Waals surface area contributed by atoms with E-state index in [0.717, 1.165) is 5.56 Å². The molecule has 12 nitrogen and oxygen atoms in total. The molecule has 58 heavy (non-hydrogen) atoms. The highest BCUT2D eigenvalue weighted by atomic mass is 16.6. The number of carbonyl (C=O) groups is 4. The van der Waals surface area contributed by atoms with Gasteiger partial charge in [0.05, 0.1) is 36.9 Å². The van der Waals surface area contributed by atoms with Gasteiger partial charge in [-0.15, -0.1) is 0 Å². The van der Waals surface area contributed by atoms with Crippen molar-refractivity contribution >= 4 is 35.5 Å². The van der Waals surface area contributed by atoms with E-state index in [1.807, 2.05) is 91.0 Å². The summed E-state index contributed by atoms with van der Waals surface area (Å²) >= 11 is 0. The van der Waals surface area contributed by atoms with Crippen molar-refractivity contribution in [1.29, 1.82) is 0 Å². The van der Waals surface area contributed by atoms with Crippen LogP contribution in [0.15, 0.2) is 115 Å². The normalized spacial score (nSPS) is 14.3. The average Bonchev–Trinajstić information content (AvgIpc) is 3.27. The monoisotopic (exact) mass is 779 g/mol. The maximum absolute atomic E-state index is 15.3. The molecule has 2 heterocycles. The first-order valence-corrected chi connectivity index (χ1v) is 18.9. The van der Waals surface area contributed by atoms with Crippen LogP contribution in [-0.2, 0) is 25.6 Å². The minimum Gasteiger partial charge on any atom is -0.466 e. The Hall–Kier alpha value is -7.00. The van der Waals surface area contributed by atoms with E-state index in [1.54, 1.807) is 63.8 Å². The predicted octanol–water partition coefficient (Wildman–Crippen LogP) is 7.99. The second kappa shape index (κ2) is 18.3. The maximum Gasteiger partial charge on any atom is 0.414 e. The molecule has 296 valence electrons. The Balaban J connectivity index is 1.39. The summed E-state index contributed by atoms with van der Waals surface area (Å²) in [6.07, 6.45) is -0.877. The van der Waals surface area contributed by atoms with Crippen LogP contribution in [0.5, 0.6) is 5.88 Å². The first kappa shape index (κ1) is 40.7. The zero-order valence-corrected chi connectivity index (χ0v) is 33.1. The van der Waals surface area contributed by atoms with Crippen LogP contribution in [0.3, 0.4) is 0 Å². The number of aromatic nitrogens is 2. The van der Waals surface area contributed by atoms with Gasteiger partial charge in [0.15, 0.2) is 6.61 Å². The Morgan fingerprint density at radius 1 is 0.879 bits per heavy atom. The minimum absolute atomic E-state index is 0.0196. The lowest BCUT2D eigenvalue weighted by Gasteiger charge is -2.37. The molecule has 5 aromatic rings. The molecule has 0 bridgehead atoms. The Morgan fingerprint density at radius 3 is 2.22 bits per heavy atom. The van der Waals surface area contributed by atoms with Crippen LogP contribution in [0.4, 0.5) is 16.4 Å². The van der Waals surface area contributed by atoms with Crippen LogP contribution in [-0.4, -0.2) is 57.6 Å². The smallest absolute Gasteiger partial charge is 0.414 e. The quantitative estimate of drug-likeness (QED) is 0.104. The number of anilines is 2. The van der Waals surface area contributed by atoms with Gasteiger partial charge >= 0.3 is 12.1 Å². The van der Waals surface area contributed by atoms with Crippen LogP contribution >= 0.6 is 0 Å². The fourth-order valence-corrected chi connectivity index (χ4v) is 6.59. The third-order valence-corrected chi connectivity index (χ3v) is 8.98. The number of carbonyl (C=O) groups excluding carboxylic acids is 4. The number of esters is 1. The highest BCUT2D eigenvalue weighted by Crippen LogP contribution is 2.42. The summed E-state index contributed by atoms with van der Waals surface area (Å²) in [5.74, 6) is 4.99. The number of rotatable bonds is 11. The zero-order valence-electron chi connectivity index (χ0n) is 33.1. The van der Waals surface area contributed by atoms with Crippen molar-refractivity contribution in [3.05, 3.63) is 149 Å². The highest BCUT2D eigenvalue weighted by Gasteiger charge is 2.44. The number of fused-ring (bicyclic) bond motifs is 1. The largest absolute Gasteiger partial charge is 0.466 e. The van der Waals surface area contributed by atoms with Gasteiger partial charge in [-0.2, -0.15) is 4.98 Å². The number of hydrogen-bond acceptors (Lipinski definition) is 9. The van der Waals surface area contributed by atoms with Gasteiger partial charge < -0.3 is 24.0 Å². The summed E-state index contributed by atoms with van der Waals surface area (Å²) < 4.78 is 16.5. The van der Waals surface area contributed by atoms with Crippen LogP contribution in [0.2, 0.25) is 0 Å². The highest BCUT2D eigenvalue weighted by molar-refractivity contribution is 6.11. The zero-order chi connectivity index (χ0) is 41.2. The van der Waals surface area contributed by atoms with Crippen molar-refractivity contribution in [3.8, 4) is 17.7 Å². The molecular weight excluding hydrogens is 735 g/mol. The Morgan fingerprint density at radius 2 is 1.55 bits per heavy atom. The molecule has 0 radical (unpaired) electrons. The van der Waals surface area contributed by atoms with Gasteiger partial charge in [0.1, 0.15) is 11.6 Å². The molecule has 0 aliphatic carbocycles. The average molecular weight is 780 g/mol. The number of amides is 3. The maximum atomic E-state index is 15.3. The first-order valence-electron chi connectivity index (χ1n) is 18.9. The van der Waals surface area contributed by atoms with Gasteiger partial charge in [0.25, 0.3) is 11.8 Å². The SMILES string of the molecule is CCOC(=O)CC(c1ccccc1)N1C(=O)c2cc(C#CCOc3cc(C)nc(NC(=O)OC(C)(C)C)n3)ccc2N(Cc2ccccc2)C(=O)C1c1ccccc1. The Labute approximate surface area is 338 Å². The number of ether oxygens (including phenoxy) is 3. The molecule has 2 atom stereocenters. The van der Waals surface area contributed by atoms with Gasteiger partial charge in [-0.1, -0.05) is 103 Å². The number of hydrogen-bond donors (Lipinski definition) is 1. The molecule has 0 saturated heterocycles. The molecule has 3 amide bonds. The van der Waals surface area contributed by atoms with E-state index in [4.69, 9.17) is 14.2 Å². The molecule has 1 N–H and O–H groups in total. The number of benzene rings is 4. The molecular formula is C46H45N5O7. The second-order valence-corrected chi connectivity index (χ2v) is 14.5. The fraction of sp³-hybridized carbons (Fsp3) is 0.261. The van der Waals surface area contributed by atoms with E-state index in [9.17, 15) is 9.59 Å². The van der Waals surface area contributed by atoms with Crippen molar-refractivity contribution in [2.45, 2.75) is 65.3 Å². The van der Waals surface area contributed by atoms with Gasteiger partial charge in [-0.3, -0.25) is 19.7 Å². The summed E-state index contributed by atoms with van der Waals surface area (Å²) in [4.78, 5) is 67.6. The van der Waals surface area contributed by atoms with E-state index in [-0.39, 0.29) is 49.5 Å². The number of nitrogens with zero attached hydrogens (tertiary/aromatic N) is 4. The third-order valence-electron chi connectivity index (χ3n) is 8.98. The lowest BCUT2D eigenvalue weighted by Crippen LogP contribution is -2.44. The Kier molecular flexibility index (Phi) is 12.8. The van der Waals surface area contributed by atoms with Crippen LogP contribution < -0.4 is 15.0 Å². The van der Waals surface area contributed by atoms with Gasteiger partial charge in [-0.25, -0.2) is 9.78 Å². The standard InChI is InChI=1S/C46H45N5O7/c1-6-56-40(52)29-38(34-20-12-8-13-21-34)51-41(35-22-14-9-15-23-35)43(54)50(30-33-17-10-7-11-18-33)37-25-24-32(28-36(37)42(51)53)19-16-26-57-39-27-31(2)47-44(48-39)49-45(55)58-46(3,4)5/h7-15,17-18,20-25,27-28,38,41H,6,26,29-30H2,1-5H3,(H,47,48,49,55). The van der Waals surface area contributed by atoms with E-state index in [0.29, 0.717) is 28.1 Å². The summed E-state index contributed by atoms with van der Waals surface area (Å²) in [6.45, 7) is 8.99. The molecule has 1 aliphatic rings. The van der Waals surface area contributed by atoms with Crippen molar-refractivity contribution < 1.29 is 33.4 Å². The molecule has 12 heteroatoms. The number of aryl methyl sites for hydroxylation is 1. The summed E-state index contributed by atoms with van der Waals surface area (Å²) in [5.41, 5.74) is 3.13. The van der Waals surface area contributed by atoms with Gasteiger partial charge in [-0.05, 0) is 69.5 Å². The van der Waals surface area contributed by atoms with Crippen LogP contribution in [0.25, 0.3) is 0 Å². The molecule has 1 aromatic heterocycles. The van der Waals surface area contributed by atoms with E-state index in [1.165, 1.54) is 4.90 Å². The third kappa shape index (κ3) is 10.2.